The van der Waals surface area contributed by atoms with E-state index < -0.39 is 0 Å². The number of hydrogen-bond acceptors (Lipinski definition) is 0. The molecule has 0 aromatic rings. The van der Waals surface area contributed by atoms with Crippen molar-refractivity contribution in [2.75, 3.05) is 0 Å². The molecule has 2 aliphatic carbocycles. The van der Waals surface area contributed by atoms with Gasteiger partial charge in [-0.05, 0) is 36.5 Å². The molecule has 2 saturated carbocycles. The number of hydrogen-bond donors (Lipinski definition) is 0. The lowest BCUT2D eigenvalue weighted by Gasteiger charge is -2.40. The second-order valence-corrected chi connectivity index (χ2v) is 7.88. The van der Waals surface area contributed by atoms with Crippen LogP contribution in [-0.4, -0.2) is 7.28 Å². The zero-order valence-electron chi connectivity index (χ0n) is 12.9. The van der Waals surface area contributed by atoms with Gasteiger partial charge in [0.2, 0.25) is 0 Å². The highest BCUT2D eigenvalue weighted by atomic mass is 14.4. The highest BCUT2D eigenvalue weighted by Crippen LogP contribution is 2.46. The van der Waals surface area contributed by atoms with E-state index in [1.807, 2.05) is 0 Å². The predicted molar refractivity (Wildman–Crippen MR) is 84.7 cm³/mol. The fraction of sp³-hybridized carbons (Fsp3) is 1.00. The Kier molecular flexibility index (Phi) is 4.93. The summed E-state index contributed by atoms with van der Waals surface area (Å²) < 4.78 is 0. The molecule has 1 unspecified atom stereocenters. The Hall–Kier alpha value is 0.0649. The summed E-state index contributed by atoms with van der Waals surface area (Å²) in [5.41, 5.74) is 0. The SMILES string of the molecule is CC1CCCC(C2CCC(C3[B]CC3)CC2)CCC1. The summed E-state index contributed by atoms with van der Waals surface area (Å²) in [5.74, 6) is 5.31. The first-order chi connectivity index (χ1) is 9.33. The third kappa shape index (κ3) is 3.58. The van der Waals surface area contributed by atoms with E-state index in [0.29, 0.717) is 0 Å². The second kappa shape index (κ2) is 6.68. The van der Waals surface area contributed by atoms with Gasteiger partial charge in [-0.3, -0.25) is 0 Å². The van der Waals surface area contributed by atoms with Gasteiger partial charge in [0.15, 0.2) is 0 Å². The van der Waals surface area contributed by atoms with Crippen LogP contribution in [-0.2, 0) is 0 Å². The van der Waals surface area contributed by atoms with E-state index >= 15 is 0 Å². The van der Waals surface area contributed by atoms with Crippen molar-refractivity contribution in [1.82, 2.24) is 0 Å². The first-order valence-corrected chi connectivity index (χ1v) is 9.16. The van der Waals surface area contributed by atoms with E-state index in [1.165, 1.54) is 38.4 Å². The second-order valence-electron chi connectivity index (χ2n) is 7.88. The molecule has 1 atom stereocenters. The average Bonchev–Trinajstić information content (AvgIpc) is 2.33. The van der Waals surface area contributed by atoms with Crippen molar-refractivity contribution in [2.24, 2.45) is 23.7 Å². The van der Waals surface area contributed by atoms with Crippen molar-refractivity contribution in [3.05, 3.63) is 0 Å². The van der Waals surface area contributed by atoms with Crippen LogP contribution in [0.4, 0.5) is 0 Å². The highest BCUT2D eigenvalue weighted by molar-refractivity contribution is 6.41. The zero-order chi connectivity index (χ0) is 13.1. The molecular formula is C18H32B. The van der Waals surface area contributed by atoms with Crippen molar-refractivity contribution < 1.29 is 0 Å². The van der Waals surface area contributed by atoms with Gasteiger partial charge in [0.1, 0.15) is 7.28 Å². The van der Waals surface area contributed by atoms with Crippen molar-refractivity contribution in [3.63, 3.8) is 0 Å². The molecule has 0 spiro atoms. The molecule has 1 aliphatic heterocycles. The molecule has 1 saturated heterocycles. The molecule has 0 N–H and O–H groups in total. The molecule has 107 valence electrons. The Bertz CT molecular complexity index is 253. The van der Waals surface area contributed by atoms with Crippen LogP contribution < -0.4 is 0 Å². The smallest absolute Gasteiger partial charge is 0.0803 e. The zero-order valence-corrected chi connectivity index (χ0v) is 12.9. The third-order valence-corrected chi connectivity index (χ3v) is 6.60. The Morgan fingerprint density at radius 3 is 1.68 bits per heavy atom. The van der Waals surface area contributed by atoms with Crippen molar-refractivity contribution in [3.8, 4) is 0 Å². The summed E-state index contributed by atoms with van der Waals surface area (Å²) in [6.07, 6.45) is 18.3. The molecule has 0 bridgehead atoms. The molecule has 3 rings (SSSR count). The Labute approximate surface area is 121 Å². The van der Waals surface area contributed by atoms with Crippen molar-refractivity contribution >= 4 is 7.28 Å². The van der Waals surface area contributed by atoms with Crippen LogP contribution in [0, 0.1) is 23.7 Å². The summed E-state index contributed by atoms with van der Waals surface area (Å²) >= 11 is 0. The first kappa shape index (κ1) is 14.0. The van der Waals surface area contributed by atoms with E-state index in [-0.39, 0.29) is 0 Å². The molecule has 3 aliphatic rings. The molecular weight excluding hydrogens is 227 g/mol. The van der Waals surface area contributed by atoms with E-state index in [1.54, 1.807) is 38.5 Å². The van der Waals surface area contributed by atoms with Crippen molar-refractivity contribution in [2.45, 2.75) is 89.7 Å². The van der Waals surface area contributed by atoms with E-state index in [0.717, 1.165) is 29.5 Å². The van der Waals surface area contributed by atoms with Gasteiger partial charge in [-0.15, -0.1) is 0 Å². The van der Waals surface area contributed by atoms with Gasteiger partial charge in [-0.1, -0.05) is 76.8 Å². The van der Waals surface area contributed by atoms with Gasteiger partial charge in [-0.25, -0.2) is 0 Å². The lowest BCUT2D eigenvalue weighted by atomic mass is 9.43. The average molecular weight is 259 g/mol. The summed E-state index contributed by atoms with van der Waals surface area (Å²) in [4.78, 5) is 0. The summed E-state index contributed by atoms with van der Waals surface area (Å²) in [5, 5.41) is 0. The van der Waals surface area contributed by atoms with Crippen LogP contribution in [0.5, 0.6) is 0 Å². The van der Waals surface area contributed by atoms with Gasteiger partial charge in [0.25, 0.3) is 0 Å². The summed E-state index contributed by atoms with van der Waals surface area (Å²) in [7, 11) is 2.60. The topological polar surface area (TPSA) is 0 Å². The third-order valence-electron chi connectivity index (χ3n) is 6.60. The Morgan fingerprint density at radius 1 is 0.632 bits per heavy atom. The van der Waals surface area contributed by atoms with Crippen LogP contribution in [0.2, 0.25) is 12.1 Å². The van der Waals surface area contributed by atoms with Gasteiger partial charge < -0.3 is 0 Å². The first-order valence-electron chi connectivity index (χ1n) is 9.16. The Balaban J connectivity index is 1.44. The van der Waals surface area contributed by atoms with Crippen LogP contribution in [0.3, 0.4) is 0 Å². The molecule has 1 radical (unpaired) electrons. The van der Waals surface area contributed by atoms with E-state index in [4.69, 9.17) is 0 Å². The Morgan fingerprint density at radius 2 is 1.16 bits per heavy atom. The van der Waals surface area contributed by atoms with Gasteiger partial charge in [0, 0.05) is 0 Å². The monoisotopic (exact) mass is 259 g/mol. The lowest BCUT2D eigenvalue weighted by Crippen LogP contribution is -2.29. The highest BCUT2D eigenvalue weighted by Gasteiger charge is 2.33. The minimum atomic E-state index is 1.01. The normalized spacial score (nSPS) is 44.6. The fourth-order valence-electron chi connectivity index (χ4n) is 5.05. The van der Waals surface area contributed by atoms with Crippen LogP contribution in [0.1, 0.15) is 77.6 Å². The molecule has 0 aromatic carbocycles. The molecule has 0 nitrogen and oxygen atoms in total. The number of rotatable bonds is 2. The van der Waals surface area contributed by atoms with Crippen LogP contribution in [0.15, 0.2) is 0 Å². The van der Waals surface area contributed by atoms with E-state index in [2.05, 4.69) is 14.2 Å². The van der Waals surface area contributed by atoms with Crippen molar-refractivity contribution in [1.29, 1.82) is 0 Å². The molecule has 19 heavy (non-hydrogen) atoms. The maximum Gasteiger partial charge on any atom is 0.113 e. The molecule has 3 fully saturated rings. The quantitative estimate of drug-likeness (QED) is 0.557. The maximum atomic E-state index is 2.60. The molecule has 1 heterocycles. The van der Waals surface area contributed by atoms with Gasteiger partial charge in [0.05, 0.1) is 0 Å². The minimum Gasteiger partial charge on any atom is -0.0803 e. The summed E-state index contributed by atoms with van der Waals surface area (Å²) in [6.45, 7) is 2.46. The van der Waals surface area contributed by atoms with Gasteiger partial charge in [-0.2, -0.15) is 0 Å². The van der Waals surface area contributed by atoms with Crippen LogP contribution in [0.25, 0.3) is 0 Å². The predicted octanol–water partition coefficient (Wildman–Crippen LogP) is 5.71. The molecule has 0 aromatic heterocycles. The molecule has 1 heteroatoms. The van der Waals surface area contributed by atoms with Crippen LogP contribution >= 0.6 is 0 Å². The minimum absolute atomic E-state index is 1.01. The standard InChI is InChI=1S/C18H32B/c1-14-4-2-6-15(7-3-5-14)16-8-10-17(11-9-16)18-12-13-19-18/h14-18H,2-13H2,1H3. The van der Waals surface area contributed by atoms with Gasteiger partial charge >= 0.3 is 0 Å². The maximum absolute atomic E-state index is 2.60. The lowest BCUT2D eigenvalue weighted by molar-refractivity contribution is 0.164. The van der Waals surface area contributed by atoms with E-state index in [9.17, 15) is 0 Å². The molecule has 0 amide bonds. The fourth-order valence-corrected chi connectivity index (χ4v) is 5.05. The largest absolute Gasteiger partial charge is 0.113 e. The summed E-state index contributed by atoms with van der Waals surface area (Å²) in [6, 6.07) is 0.